The number of nitrogens with zero attached hydrogens (tertiary/aromatic N) is 2. The highest BCUT2D eigenvalue weighted by atomic mass is 19.1. The van der Waals surface area contributed by atoms with Gasteiger partial charge in [-0.2, -0.15) is 0 Å². The summed E-state index contributed by atoms with van der Waals surface area (Å²) in [5.74, 6) is -1.21. The highest BCUT2D eigenvalue weighted by molar-refractivity contribution is 5.85. The third kappa shape index (κ3) is 5.50. The van der Waals surface area contributed by atoms with Crippen molar-refractivity contribution >= 4 is 16.6 Å². The second kappa shape index (κ2) is 10.3. The Balaban J connectivity index is 1.41. The first kappa shape index (κ1) is 26.0. The molecule has 4 nitrogen and oxygen atoms in total. The van der Waals surface area contributed by atoms with E-state index in [1.165, 1.54) is 26.0 Å². The molecule has 37 heavy (non-hydrogen) atoms. The van der Waals surface area contributed by atoms with Crippen LogP contribution in [0.3, 0.4) is 0 Å². The summed E-state index contributed by atoms with van der Waals surface area (Å²) in [5, 5.41) is 4.30. The Morgan fingerprint density at radius 3 is 2.49 bits per heavy atom. The zero-order chi connectivity index (χ0) is 26.3. The predicted molar refractivity (Wildman–Crippen MR) is 141 cm³/mol. The van der Waals surface area contributed by atoms with Gasteiger partial charge < -0.3 is 10.3 Å². The summed E-state index contributed by atoms with van der Waals surface area (Å²) in [6.07, 6.45) is 1.33. The molecule has 2 aromatic carbocycles. The van der Waals surface area contributed by atoms with E-state index in [9.17, 15) is 8.78 Å². The number of hydrogen-bond acceptors (Lipinski definition) is 3. The molecular weight excluding hydrogens is 480 g/mol. The molecular formula is C29H36F4N4. The lowest BCUT2D eigenvalue weighted by Crippen LogP contribution is -2.54. The molecule has 200 valence electrons. The van der Waals surface area contributed by atoms with Gasteiger partial charge in [0, 0.05) is 60.1 Å². The number of H-pyrrole nitrogens is 1. The molecule has 3 aromatic rings. The van der Waals surface area contributed by atoms with Crippen molar-refractivity contribution in [3.8, 4) is 0 Å². The molecule has 0 saturated carbocycles. The number of hydrogen-bond donors (Lipinski definition) is 2. The third-order valence-electron chi connectivity index (χ3n) is 7.68. The van der Waals surface area contributed by atoms with E-state index >= 15 is 8.78 Å². The third-order valence-corrected chi connectivity index (χ3v) is 7.68. The number of aromatic amines is 1. The maximum Gasteiger partial charge on any atom is 0.131 e. The van der Waals surface area contributed by atoms with Crippen molar-refractivity contribution in [3.63, 3.8) is 0 Å². The number of anilines is 1. The monoisotopic (exact) mass is 516 g/mol. The Kier molecular flexibility index (Phi) is 7.24. The van der Waals surface area contributed by atoms with Crippen LogP contribution in [0.2, 0.25) is 0 Å². The molecule has 5 rings (SSSR count). The Morgan fingerprint density at radius 1 is 1.11 bits per heavy atom. The molecule has 2 atom stereocenters. The highest BCUT2D eigenvalue weighted by Crippen LogP contribution is 2.40. The van der Waals surface area contributed by atoms with Crippen molar-refractivity contribution in [2.75, 3.05) is 38.2 Å². The molecule has 1 fully saturated rings. The topological polar surface area (TPSA) is 34.3 Å². The van der Waals surface area contributed by atoms with E-state index in [-0.39, 0.29) is 43.3 Å². The number of benzene rings is 2. The zero-order valence-electron chi connectivity index (χ0n) is 21.8. The lowest BCUT2D eigenvalue weighted by molar-refractivity contribution is 0.0521. The first-order valence-electron chi connectivity index (χ1n) is 13.2. The SMILES string of the molecule is C[C@@H]1Cc2c([nH]c3ccccc23)[C@@H](Cc2c(F)cc(NC3CN(CCCF)C3)cc2F)N1CC(C)(C)F. The van der Waals surface area contributed by atoms with Crippen molar-refractivity contribution in [1.82, 2.24) is 14.8 Å². The maximum atomic E-state index is 15.4. The fourth-order valence-corrected chi connectivity index (χ4v) is 5.97. The lowest BCUT2D eigenvalue weighted by Gasteiger charge is -2.43. The molecule has 0 bridgehead atoms. The summed E-state index contributed by atoms with van der Waals surface area (Å²) >= 11 is 0. The average Bonchev–Trinajstić information content (AvgIpc) is 3.16. The van der Waals surface area contributed by atoms with Crippen molar-refractivity contribution in [2.45, 2.75) is 63.8 Å². The van der Waals surface area contributed by atoms with Crippen LogP contribution in [-0.2, 0) is 12.8 Å². The summed E-state index contributed by atoms with van der Waals surface area (Å²) in [4.78, 5) is 7.64. The largest absolute Gasteiger partial charge is 0.380 e. The van der Waals surface area contributed by atoms with E-state index in [0.29, 0.717) is 18.7 Å². The Labute approximate surface area is 216 Å². The van der Waals surface area contributed by atoms with Crippen LogP contribution in [0.15, 0.2) is 36.4 Å². The normalized spacial score (nSPS) is 21.3. The summed E-state index contributed by atoms with van der Waals surface area (Å²) in [6.45, 7) is 7.10. The lowest BCUT2D eigenvalue weighted by atomic mass is 9.88. The van der Waals surface area contributed by atoms with Gasteiger partial charge >= 0.3 is 0 Å². The second-order valence-corrected chi connectivity index (χ2v) is 11.3. The first-order chi connectivity index (χ1) is 17.6. The molecule has 0 amide bonds. The van der Waals surface area contributed by atoms with Crippen LogP contribution < -0.4 is 5.32 Å². The number of rotatable bonds is 9. The quantitative estimate of drug-likeness (QED) is 0.333. The van der Waals surface area contributed by atoms with Gasteiger partial charge in [0.15, 0.2) is 0 Å². The van der Waals surface area contributed by atoms with E-state index < -0.39 is 17.3 Å². The molecule has 1 saturated heterocycles. The maximum absolute atomic E-state index is 15.4. The number of likely N-dealkylation sites (tertiary alicyclic amines) is 1. The Morgan fingerprint density at radius 2 is 1.81 bits per heavy atom. The van der Waals surface area contributed by atoms with Crippen molar-refractivity contribution in [3.05, 3.63) is 64.9 Å². The molecule has 8 heteroatoms. The second-order valence-electron chi connectivity index (χ2n) is 11.3. The molecule has 0 unspecified atom stereocenters. The van der Waals surface area contributed by atoms with Crippen LogP contribution in [0.5, 0.6) is 0 Å². The van der Waals surface area contributed by atoms with Crippen LogP contribution in [0.4, 0.5) is 23.2 Å². The number of halogens is 4. The Hall–Kier alpha value is -2.58. The molecule has 1 aromatic heterocycles. The smallest absolute Gasteiger partial charge is 0.131 e. The average molecular weight is 517 g/mol. The van der Waals surface area contributed by atoms with Crippen molar-refractivity contribution in [1.29, 1.82) is 0 Å². The van der Waals surface area contributed by atoms with Gasteiger partial charge in [0.05, 0.1) is 18.8 Å². The molecule has 2 N–H and O–H groups in total. The van der Waals surface area contributed by atoms with E-state index in [0.717, 1.165) is 41.7 Å². The fourth-order valence-electron chi connectivity index (χ4n) is 5.97. The predicted octanol–water partition coefficient (Wildman–Crippen LogP) is 6.18. The molecule has 2 aliphatic rings. The van der Waals surface area contributed by atoms with Gasteiger partial charge in [-0.05, 0) is 63.8 Å². The van der Waals surface area contributed by atoms with Crippen LogP contribution in [0.25, 0.3) is 10.9 Å². The fraction of sp³-hybridized carbons (Fsp3) is 0.517. The van der Waals surface area contributed by atoms with Gasteiger partial charge in [-0.1, -0.05) is 18.2 Å². The van der Waals surface area contributed by atoms with E-state index in [1.54, 1.807) is 0 Å². The standard InChI is InChI=1S/C29H36F4N4/c1-18-11-22-21-7-4-5-8-26(21)35-28(22)27(37(18)17-29(2,3)33)14-23-24(31)12-19(13-25(23)32)34-20-15-36(16-20)10-6-9-30/h4-5,7-8,12-13,18,20,27,34-35H,6,9-11,14-17H2,1-3H3/t18-,27-/m1/s1. The summed E-state index contributed by atoms with van der Waals surface area (Å²) < 4.78 is 58.0. The number of nitrogens with one attached hydrogen (secondary N) is 2. The van der Waals surface area contributed by atoms with E-state index in [4.69, 9.17) is 0 Å². The van der Waals surface area contributed by atoms with Gasteiger partial charge in [-0.15, -0.1) is 0 Å². The van der Waals surface area contributed by atoms with E-state index in [1.807, 2.05) is 23.1 Å². The Bertz CT molecular complexity index is 1220. The summed E-state index contributed by atoms with van der Waals surface area (Å²) in [6, 6.07) is 10.4. The minimum absolute atomic E-state index is 0.00843. The highest BCUT2D eigenvalue weighted by Gasteiger charge is 2.38. The summed E-state index contributed by atoms with van der Waals surface area (Å²) in [7, 11) is 0. The van der Waals surface area contributed by atoms with Crippen LogP contribution in [0.1, 0.15) is 50.1 Å². The number of aromatic nitrogens is 1. The van der Waals surface area contributed by atoms with Crippen LogP contribution in [-0.4, -0.2) is 65.4 Å². The number of para-hydroxylation sites is 1. The van der Waals surface area contributed by atoms with Crippen molar-refractivity contribution in [2.24, 2.45) is 0 Å². The molecule has 0 aliphatic carbocycles. The molecule has 0 spiro atoms. The van der Waals surface area contributed by atoms with Gasteiger partial charge in [0.1, 0.15) is 17.3 Å². The zero-order valence-corrected chi connectivity index (χ0v) is 21.8. The van der Waals surface area contributed by atoms with Crippen molar-refractivity contribution < 1.29 is 17.6 Å². The van der Waals surface area contributed by atoms with Gasteiger partial charge in [0.2, 0.25) is 0 Å². The van der Waals surface area contributed by atoms with Gasteiger partial charge in [-0.3, -0.25) is 14.2 Å². The first-order valence-corrected chi connectivity index (χ1v) is 13.2. The van der Waals surface area contributed by atoms with Gasteiger partial charge in [0.25, 0.3) is 0 Å². The number of fused-ring (bicyclic) bond motifs is 3. The van der Waals surface area contributed by atoms with Crippen LogP contribution >= 0.6 is 0 Å². The summed E-state index contributed by atoms with van der Waals surface area (Å²) in [5.41, 5.74) is 1.98. The number of alkyl halides is 2. The molecule has 0 radical (unpaired) electrons. The van der Waals surface area contributed by atoms with Gasteiger partial charge in [-0.25, -0.2) is 13.2 Å². The van der Waals surface area contributed by atoms with E-state index in [2.05, 4.69) is 28.2 Å². The minimum Gasteiger partial charge on any atom is -0.380 e. The molecule has 2 aliphatic heterocycles. The molecule has 3 heterocycles. The van der Waals surface area contributed by atoms with Crippen LogP contribution in [0, 0.1) is 11.6 Å². The minimum atomic E-state index is -1.46.